The fourth-order valence-corrected chi connectivity index (χ4v) is 4.22. The van der Waals surface area contributed by atoms with Crippen LogP contribution in [0.25, 0.3) is 0 Å². The Morgan fingerprint density at radius 2 is 1.90 bits per heavy atom. The molecule has 2 aromatic rings. The molecular weight excluding hydrogens is 398 g/mol. The Morgan fingerprint density at radius 1 is 1.19 bits per heavy atom. The average molecular weight is 426 g/mol. The molecule has 1 aliphatic heterocycles. The Balaban J connectivity index is 1.56. The third-order valence-electron chi connectivity index (χ3n) is 5.67. The molecule has 0 bridgehead atoms. The summed E-state index contributed by atoms with van der Waals surface area (Å²) in [5.41, 5.74) is 4.08. The predicted octanol–water partition coefficient (Wildman–Crippen LogP) is 2.36. The van der Waals surface area contributed by atoms with E-state index in [4.69, 9.17) is 4.74 Å². The number of nitro benzene ring substituents is 1. The highest BCUT2D eigenvalue weighted by atomic mass is 16.6. The second-order valence-electron chi connectivity index (χ2n) is 8.06. The monoisotopic (exact) mass is 426 g/mol. The smallest absolute Gasteiger partial charge is 0.338 e. The van der Waals surface area contributed by atoms with Crippen LogP contribution in [0.1, 0.15) is 39.9 Å². The number of non-ortho nitro benzene ring substituents is 1. The number of amides is 1. The minimum Gasteiger partial charge on any atom is -0.456 e. The van der Waals surface area contributed by atoms with E-state index < -0.39 is 10.9 Å². The lowest BCUT2D eigenvalue weighted by atomic mass is 10.0. The third kappa shape index (κ3) is 5.46. The molecule has 0 saturated carbocycles. The number of ether oxygens (including phenoxy) is 1. The number of hydrogen-bond donors (Lipinski definition) is 2. The Hall–Kier alpha value is -3.26. The zero-order valence-electron chi connectivity index (χ0n) is 18.1. The number of aryl methyl sites for hydroxylation is 3. The second-order valence-corrected chi connectivity index (χ2v) is 8.06. The van der Waals surface area contributed by atoms with Gasteiger partial charge in [-0.1, -0.05) is 23.8 Å². The van der Waals surface area contributed by atoms with Gasteiger partial charge in [0.2, 0.25) is 0 Å². The number of nitrogens with zero attached hydrogens (tertiary/aromatic N) is 1. The van der Waals surface area contributed by atoms with Gasteiger partial charge in [0.1, 0.15) is 13.2 Å². The van der Waals surface area contributed by atoms with E-state index in [1.165, 1.54) is 24.3 Å². The van der Waals surface area contributed by atoms with Gasteiger partial charge >= 0.3 is 5.97 Å². The van der Waals surface area contributed by atoms with Gasteiger partial charge in [-0.25, -0.2) is 4.79 Å². The van der Waals surface area contributed by atoms with Crippen molar-refractivity contribution in [1.29, 1.82) is 0 Å². The molecule has 0 aliphatic carbocycles. The van der Waals surface area contributed by atoms with E-state index in [9.17, 15) is 19.7 Å². The maximum absolute atomic E-state index is 12.9. The number of hydrogen-bond acceptors (Lipinski definition) is 5. The van der Waals surface area contributed by atoms with Crippen molar-refractivity contribution in [2.75, 3.05) is 25.0 Å². The summed E-state index contributed by atoms with van der Waals surface area (Å²) in [7, 11) is 0. The van der Waals surface area contributed by atoms with Gasteiger partial charge in [0.25, 0.3) is 11.6 Å². The number of esters is 1. The first-order valence-electron chi connectivity index (χ1n) is 10.4. The number of nitrogens with one attached hydrogen (secondary N) is 2. The average Bonchev–Trinajstić information content (AvgIpc) is 3.19. The van der Waals surface area contributed by atoms with Crippen LogP contribution >= 0.6 is 0 Å². The number of nitro groups is 1. The molecule has 0 aromatic heterocycles. The number of carbonyl (C=O) groups is 2. The lowest BCUT2D eigenvalue weighted by molar-refractivity contribution is -0.903. The number of rotatable bonds is 7. The van der Waals surface area contributed by atoms with Gasteiger partial charge in [0.15, 0.2) is 6.04 Å². The molecule has 1 saturated heterocycles. The lowest BCUT2D eigenvalue weighted by Crippen LogP contribution is -3.15. The molecule has 8 nitrogen and oxygen atoms in total. The number of carbonyl (C=O) groups excluding carboxylic acids is 2. The van der Waals surface area contributed by atoms with Gasteiger partial charge < -0.3 is 15.0 Å². The molecule has 1 unspecified atom stereocenters. The Morgan fingerprint density at radius 3 is 2.58 bits per heavy atom. The summed E-state index contributed by atoms with van der Waals surface area (Å²) in [5.74, 6) is -0.623. The molecule has 31 heavy (non-hydrogen) atoms. The Labute approximate surface area is 181 Å². The molecule has 8 heteroatoms. The summed E-state index contributed by atoms with van der Waals surface area (Å²) in [6, 6.07) is 9.37. The normalized spacial score (nSPS) is 17.9. The van der Waals surface area contributed by atoms with Gasteiger partial charge in [-0.15, -0.1) is 0 Å². The van der Waals surface area contributed by atoms with Crippen LogP contribution in [0.4, 0.5) is 11.4 Å². The number of benzene rings is 2. The van der Waals surface area contributed by atoms with Crippen molar-refractivity contribution in [2.45, 2.75) is 39.7 Å². The summed E-state index contributed by atoms with van der Waals surface area (Å²) in [6.07, 6.45) is 1.71. The Kier molecular flexibility index (Phi) is 7.02. The Bertz CT molecular complexity index is 981. The van der Waals surface area contributed by atoms with Crippen molar-refractivity contribution in [2.24, 2.45) is 0 Å². The van der Waals surface area contributed by atoms with Crippen LogP contribution in [0.15, 0.2) is 36.4 Å². The number of anilines is 1. The van der Waals surface area contributed by atoms with Crippen LogP contribution in [0, 0.1) is 30.9 Å². The first kappa shape index (κ1) is 22.4. The topological polar surface area (TPSA) is 103 Å². The van der Waals surface area contributed by atoms with Crippen LogP contribution in [0.3, 0.4) is 0 Å². The molecule has 1 amide bonds. The summed E-state index contributed by atoms with van der Waals surface area (Å²) < 4.78 is 5.31. The van der Waals surface area contributed by atoms with Gasteiger partial charge in [0.05, 0.1) is 17.0 Å². The van der Waals surface area contributed by atoms with Gasteiger partial charge in [-0.05, 0) is 38.0 Å². The molecule has 2 aromatic carbocycles. The zero-order valence-corrected chi connectivity index (χ0v) is 18.1. The van der Waals surface area contributed by atoms with Gasteiger partial charge in [-0.3, -0.25) is 14.9 Å². The van der Waals surface area contributed by atoms with E-state index in [0.29, 0.717) is 6.54 Å². The molecule has 1 aliphatic rings. The quantitative estimate of drug-likeness (QED) is 0.402. The van der Waals surface area contributed by atoms with E-state index in [1.807, 2.05) is 20.8 Å². The molecule has 1 heterocycles. The summed E-state index contributed by atoms with van der Waals surface area (Å²) in [5, 5.41) is 14.0. The van der Waals surface area contributed by atoms with Crippen molar-refractivity contribution in [3.63, 3.8) is 0 Å². The van der Waals surface area contributed by atoms with E-state index in [0.717, 1.165) is 46.7 Å². The van der Waals surface area contributed by atoms with Gasteiger partial charge in [-0.2, -0.15) is 0 Å². The van der Waals surface area contributed by atoms with Gasteiger partial charge in [0, 0.05) is 30.7 Å². The molecular formula is C23H28N3O5+. The van der Waals surface area contributed by atoms with Crippen molar-refractivity contribution in [3.05, 3.63) is 68.8 Å². The van der Waals surface area contributed by atoms with Crippen LogP contribution in [-0.2, 0) is 9.53 Å². The fraction of sp³-hybridized carbons (Fsp3) is 0.391. The summed E-state index contributed by atoms with van der Waals surface area (Å²) in [6.45, 7) is 7.49. The highest BCUT2D eigenvalue weighted by Gasteiger charge is 2.35. The minimum absolute atomic E-state index is 0.0208. The largest absolute Gasteiger partial charge is 0.456 e. The van der Waals surface area contributed by atoms with E-state index >= 15 is 0 Å². The lowest BCUT2D eigenvalue weighted by Gasteiger charge is -2.22. The maximum Gasteiger partial charge on any atom is 0.338 e. The van der Waals surface area contributed by atoms with Crippen LogP contribution in [-0.4, -0.2) is 42.5 Å². The fourth-order valence-electron chi connectivity index (χ4n) is 4.22. The highest BCUT2D eigenvalue weighted by molar-refractivity contribution is 5.95. The maximum atomic E-state index is 12.9. The van der Waals surface area contributed by atoms with Crippen LogP contribution in [0.5, 0.6) is 0 Å². The zero-order chi connectivity index (χ0) is 22.5. The van der Waals surface area contributed by atoms with Crippen molar-refractivity contribution < 1.29 is 24.1 Å². The van der Waals surface area contributed by atoms with Crippen LogP contribution < -0.4 is 10.2 Å². The van der Waals surface area contributed by atoms with Crippen molar-refractivity contribution in [3.8, 4) is 0 Å². The summed E-state index contributed by atoms with van der Waals surface area (Å²) in [4.78, 5) is 36.5. The SMILES string of the molecule is Cc1cc(C)c(NC(=O)[C@@H]2CCC[NH+]2CCOC(=O)c2cccc([N+](=O)[O-])c2)c(C)c1. The molecule has 2 atom stereocenters. The molecule has 2 N–H and O–H groups in total. The predicted molar refractivity (Wildman–Crippen MR) is 116 cm³/mol. The van der Waals surface area contributed by atoms with Crippen molar-refractivity contribution >= 4 is 23.3 Å². The molecule has 1 fully saturated rings. The molecule has 0 spiro atoms. The molecule has 0 radical (unpaired) electrons. The molecule has 3 rings (SSSR count). The highest BCUT2D eigenvalue weighted by Crippen LogP contribution is 2.22. The van der Waals surface area contributed by atoms with Crippen LogP contribution in [0.2, 0.25) is 0 Å². The number of likely N-dealkylation sites (tertiary alicyclic amines) is 1. The third-order valence-corrected chi connectivity index (χ3v) is 5.67. The second kappa shape index (κ2) is 9.70. The van der Waals surface area contributed by atoms with E-state index in [2.05, 4.69) is 17.4 Å². The van der Waals surface area contributed by atoms with E-state index in [1.54, 1.807) is 0 Å². The van der Waals surface area contributed by atoms with E-state index in [-0.39, 0.29) is 29.8 Å². The first-order valence-corrected chi connectivity index (χ1v) is 10.4. The first-order chi connectivity index (χ1) is 14.8. The molecule has 164 valence electrons. The standard InChI is InChI=1S/C23H27N3O5/c1-15-12-16(2)21(17(3)13-15)24-22(27)20-8-5-9-25(20)10-11-31-23(28)18-6-4-7-19(14-18)26(29)30/h4,6-7,12-14,20H,5,8-11H2,1-3H3,(H,24,27)/p+1/t20-/m0/s1. The summed E-state index contributed by atoms with van der Waals surface area (Å²) >= 11 is 0. The minimum atomic E-state index is -0.603. The van der Waals surface area contributed by atoms with Crippen molar-refractivity contribution in [1.82, 2.24) is 0 Å². The number of quaternary nitrogens is 1.